The third-order valence-electron chi connectivity index (χ3n) is 3.55. The van der Waals surface area contributed by atoms with Crippen molar-refractivity contribution in [1.82, 2.24) is 4.98 Å². The lowest BCUT2D eigenvalue weighted by molar-refractivity contribution is 0.652. The Labute approximate surface area is 141 Å². The van der Waals surface area contributed by atoms with Gasteiger partial charge in [0, 0.05) is 53.5 Å². The molecular weight excluding hydrogens is 368 g/mol. The summed E-state index contributed by atoms with van der Waals surface area (Å²) < 4.78 is 0.954. The van der Waals surface area contributed by atoms with Crippen LogP contribution in [0.15, 0.2) is 34.2 Å². The summed E-state index contributed by atoms with van der Waals surface area (Å²) in [5.41, 5.74) is 7.92. The van der Waals surface area contributed by atoms with Crippen LogP contribution in [0.25, 0.3) is 0 Å². The normalized spacial score (nSPS) is 15.3. The highest BCUT2D eigenvalue weighted by atomic mass is 79.9. The Balaban J connectivity index is 1.78. The van der Waals surface area contributed by atoms with Crippen molar-refractivity contribution < 1.29 is 0 Å². The number of aromatic nitrogens is 1. The molecule has 1 saturated heterocycles. The molecule has 21 heavy (non-hydrogen) atoms. The summed E-state index contributed by atoms with van der Waals surface area (Å²) in [6, 6.07) is 6.08. The van der Waals surface area contributed by atoms with Gasteiger partial charge in [-0.1, -0.05) is 18.3 Å². The molecule has 2 aromatic rings. The Morgan fingerprint density at radius 1 is 1.24 bits per heavy atom. The number of nitrogens with zero attached hydrogens (tertiary/aromatic N) is 3. The molecule has 0 atom stereocenters. The zero-order chi connectivity index (χ0) is 14.8. The van der Waals surface area contributed by atoms with Crippen molar-refractivity contribution in [3.8, 4) is 0 Å². The quantitative estimate of drug-likeness (QED) is 0.826. The van der Waals surface area contributed by atoms with Crippen LogP contribution in [-0.2, 0) is 0 Å². The van der Waals surface area contributed by atoms with E-state index in [9.17, 15) is 0 Å². The van der Waals surface area contributed by atoms with Crippen LogP contribution < -0.4 is 15.5 Å². The monoisotopic (exact) mass is 382 g/mol. The van der Waals surface area contributed by atoms with E-state index in [1.807, 2.05) is 23.7 Å². The Kier molecular flexibility index (Phi) is 4.42. The number of thiocarbonyl (C=S) groups is 1. The van der Waals surface area contributed by atoms with Crippen LogP contribution in [0.2, 0.25) is 0 Å². The molecule has 0 amide bonds. The Hall–Kier alpha value is -1.18. The molecule has 1 aliphatic rings. The first-order valence-corrected chi connectivity index (χ1v) is 8.72. The zero-order valence-corrected chi connectivity index (χ0v) is 14.5. The molecule has 2 N–H and O–H groups in total. The third-order valence-corrected chi connectivity index (χ3v) is 5.25. The fourth-order valence-corrected chi connectivity index (χ4v) is 4.14. The predicted molar refractivity (Wildman–Crippen MR) is 96.6 cm³/mol. The summed E-state index contributed by atoms with van der Waals surface area (Å²) in [6.45, 7) is 3.78. The topological polar surface area (TPSA) is 45.4 Å². The van der Waals surface area contributed by atoms with Gasteiger partial charge in [0.15, 0.2) is 5.13 Å². The van der Waals surface area contributed by atoms with Crippen LogP contribution in [-0.4, -0.2) is 36.2 Å². The number of hydrogen-bond donors (Lipinski definition) is 1. The van der Waals surface area contributed by atoms with Gasteiger partial charge in [-0.3, -0.25) is 0 Å². The maximum atomic E-state index is 5.88. The van der Waals surface area contributed by atoms with Gasteiger partial charge in [-0.05, 0) is 28.1 Å². The minimum Gasteiger partial charge on any atom is -0.389 e. The summed E-state index contributed by atoms with van der Waals surface area (Å²) in [4.78, 5) is 9.46. The minimum atomic E-state index is 0.430. The fourth-order valence-electron chi connectivity index (χ4n) is 2.53. The first kappa shape index (κ1) is 14.7. The average molecular weight is 383 g/mol. The molecule has 7 heteroatoms. The van der Waals surface area contributed by atoms with Crippen molar-refractivity contribution in [3.05, 3.63) is 39.8 Å². The van der Waals surface area contributed by atoms with Gasteiger partial charge in [0.25, 0.3) is 0 Å². The average Bonchev–Trinajstić information content (AvgIpc) is 3.01. The van der Waals surface area contributed by atoms with Gasteiger partial charge in [0.1, 0.15) is 4.99 Å². The minimum absolute atomic E-state index is 0.430. The number of piperazine rings is 1. The van der Waals surface area contributed by atoms with E-state index in [1.165, 1.54) is 0 Å². The summed E-state index contributed by atoms with van der Waals surface area (Å²) in [7, 11) is 0. The largest absolute Gasteiger partial charge is 0.389 e. The maximum absolute atomic E-state index is 5.88. The molecule has 4 nitrogen and oxygen atoms in total. The fraction of sp³-hybridized carbons (Fsp3) is 0.286. The highest BCUT2D eigenvalue weighted by Crippen LogP contribution is 2.29. The molecule has 0 aliphatic carbocycles. The molecule has 1 aromatic carbocycles. The SMILES string of the molecule is NC(=S)c1c(Br)cccc1N1CCN(c2nccs2)CC1. The Bertz CT molecular complexity index is 636. The second-order valence-corrected chi connectivity index (χ2v) is 6.95. The van der Waals surface area contributed by atoms with Gasteiger partial charge in [0.05, 0.1) is 0 Å². The van der Waals surface area contributed by atoms with E-state index in [2.05, 4.69) is 36.8 Å². The van der Waals surface area contributed by atoms with Gasteiger partial charge < -0.3 is 15.5 Å². The molecule has 110 valence electrons. The molecule has 0 bridgehead atoms. The number of nitrogens with two attached hydrogens (primary N) is 1. The summed E-state index contributed by atoms with van der Waals surface area (Å²) in [6.07, 6.45) is 1.85. The van der Waals surface area contributed by atoms with Crippen molar-refractivity contribution in [2.24, 2.45) is 5.73 Å². The number of thiazole rings is 1. The molecule has 3 rings (SSSR count). The Morgan fingerprint density at radius 2 is 1.95 bits per heavy atom. The van der Waals surface area contributed by atoms with E-state index in [0.717, 1.165) is 47.0 Å². The van der Waals surface area contributed by atoms with Gasteiger partial charge in [0.2, 0.25) is 0 Å². The van der Waals surface area contributed by atoms with Crippen molar-refractivity contribution in [2.75, 3.05) is 36.0 Å². The summed E-state index contributed by atoms with van der Waals surface area (Å²) in [5.74, 6) is 0. The van der Waals surface area contributed by atoms with Gasteiger partial charge in [-0.15, -0.1) is 11.3 Å². The van der Waals surface area contributed by atoms with Crippen LogP contribution in [0.4, 0.5) is 10.8 Å². The van der Waals surface area contributed by atoms with Crippen LogP contribution in [0.1, 0.15) is 5.56 Å². The van der Waals surface area contributed by atoms with Crippen LogP contribution >= 0.6 is 39.5 Å². The van der Waals surface area contributed by atoms with E-state index < -0.39 is 0 Å². The third kappa shape index (κ3) is 3.04. The highest BCUT2D eigenvalue weighted by molar-refractivity contribution is 9.10. The number of halogens is 1. The standard InChI is InChI=1S/C14H15BrN4S2/c15-10-2-1-3-11(12(10)13(16)20)18-5-7-19(8-6-18)14-17-4-9-21-14/h1-4,9H,5-8H2,(H2,16,20). The lowest BCUT2D eigenvalue weighted by atomic mass is 10.1. The molecule has 1 fully saturated rings. The lowest BCUT2D eigenvalue weighted by Crippen LogP contribution is -2.47. The molecule has 0 unspecified atom stereocenters. The predicted octanol–water partition coefficient (Wildman–Crippen LogP) is 2.87. The number of benzene rings is 1. The van der Waals surface area contributed by atoms with E-state index in [1.54, 1.807) is 11.3 Å². The lowest BCUT2D eigenvalue weighted by Gasteiger charge is -2.37. The number of anilines is 2. The second kappa shape index (κ2) is 6.29. The van der Waals surface area contributed by atoms with Crippen LogP contribution in [0.5, 0.6) is 0 Å². The molecule has 0 saturated carbocycles. The van der Waals surface area contributed by atoms with E-state index in [-0.39, 0.29) is 0 Å². The van der Waals surface area contributed by atoms with E-state index in [0.29, 0.717) is 4.99 Å². The number of hydrogen-bond acceptors (Lipinski definition) is 5. The van der Waals surface area contributed by atoms with Crippen molar-refractivity contribution in [2.45, 2.75) is 0 Å². The molecule has 1 aromatic heterocycles. The first-order chi connectivity index (χ1) is 10.2. The van der Waals surface area contributed by atoms with Gasteiger partial charge in [-0.25, -0.2) is 4.98 Å². The van der Waals surface area contributed by atoms with Crippen LogP contribution in [0, 0.1) is 0 Å². The van der Waals surface area contributed by atoms with Gasteiger partial charge >= 0.3 is 0 Å². The summed E-state index contributed by atoms with van der Waals surface area (Å²) >= 11 is 10.4. The zero-order valence-electron chi connectivity index (χ0n) is 11.3. The Morgan fingerprint density at radius 3 is 2.57 bits per heavy atom. The summed E-state index contributed by atoms with van der Waals surface area (Å²) in [5, 5.41) is 3.11. The van der Waals surface area contributed by atoms with Crippen LogP contribution in [0.3, 0.4) is 0 Å². The maximum Gasteiger partial charge on any atom is 0.185 e. The van der Waals surface area contributed by atoms with E-state index >= 15 is 0 Å². The number of rotatable bonds is 3. The molecule has 1 aliphatic heterocycles. The van der Waals surface area contributed by atoms with Gasteiger partial charge in [-0.2, -0.15) is 0 Å². The molecule has 0 spiro atoms. The molecule has 0 radical (unpaired) electrons. The van der Waals surface area contributed by atoms with Crippen molar-refractivity contribution >= 4 is 55.3 Å². The highest BCUT2D eigenvalue weighted by Gasteiger charge is 2.22. The smallest absolute Gasteiger partial charge is 0.185 e. The molecular formula is C14H15BrN4S2. The second-order valence-electron chi connectivity index (χ2n) is 4.79. The molecule has 2 heterocycles. The van der Waals surface area contributed by atoms with Crippen molar-refractivity contribution in [3.63, 3.8) is 0 Å². The first-order valence-electron chi connectivity index (χ1n) is 6.64. The van der Waals surface area contributed by atoms with E-state index in [4.69, 9.17) is 18.0 Å². The van der Waals surface area contributed by atoms with Crippen molar-refractivity contribution in [1.29, 1.82) is 0 Å².